The number of aliphatic hydroxyl groups excluding tert-OH is 1. The first-order valence-corrected chi connectivity index (χ1v) is 4.99. The number of fused-ring (bicyclic) bond motifs is 1. The molecule has 2 rings (SSSR count). The van der Waals surface area contributed by atoms with E-state index in [1.54, 1.807) is 6.92 Å². The van der Waals surface area contributed by atoms with E-state index in [0.29, 0.717) is 0 Å². The van der Waals surface area contributed by atoms with Crippen LogP contribution in [0.4, 0.5) is 5.69 Å². The Morgan fingerprint density at radius 1 is 1.50 bits per heavy atom. The minimum Gasteiger partial charge on any atom is -0.391 e. The highest BCUT2D eigenvalue weighted by atomic mass is 16.3. The highest BCUT2D eigenvalue weighted by Gasteiger charge is 2.15. The number of rotatable bonds is 2. The van der Waals surface area contributed by atoms with Gasteiger partial charge in [-0.2, -0.15) is 0 Å². The molecule has 0 aliphatic carbocycles. The Morgan fingerprint density at radius 2 is 2.29 bits per heavy atom. The minimum atomic E-state index is -0.498. The number of nitrogens with two attached hydrogens (primary N) is 1. The number of benzene rings is 1. The van der Waals surface area contributed by atoms with E-state index >= 15 is 0 Å². The van der Waals surface area contributed by atoms with Gasteiger partial charge in [-0.1, -0.05) is 12.1 Å². The standard InChI is InChI=1S/C11H16N2O/c1-7(14)11(12)9-2-3-10-8(6-9)4-5-13-10/h2-3,6-7,11,13-14H,4-5,12H2,1H3/t7-,11-/m0/s1. The second kappa shape index (κ2) is 3.59. The molecule has 3 nitrogen and oxygen atoms in total. The predicted molar refractivity (Wildman–Crippen MR) is 57.2 cm³/mol. The van der Waals surface area contributed by atoms with Gasteiger partial charge in [0.25, 0.3) is 0 Å². The Labute approximate surface area is 83.9 Å². The first kappa shape index (κ1) is 9.49. The van der Waals surface area contributed by atoms with Crippen molar-refractivity contribution in [2.24, 2.45) is 5.73 Å². The van der Waals surface area contributed by atoms with Gasteiger partial charge < -0.3 is 16.2 Å². The lowest BCUT2D eigenvalue weighted by Crippen LogP contribution is -2.23. The molecule has 4 N–H and O–H groups in total. The Balaban J connectivity index is 2.28. The summed E-state index contributed by atoms with van der Waals surface area (Å²) in [5, 5.41) is 12.7. The minimum absolute atomic E-state index is 0.277. The van der Waals surface area contributed by atoms with Crippen molar-refractivity contribution in [3.63, 3.8) is 0 Å². The average molecular weight is 192 g/mol. The lowest BCUT2D eigenvalue weighted by Gasteiger charge is -2.15. The van der Waals surface area contributed by atoms with Gasteiger partial charge in [-0.3, -0.25) is 0 Å². The normalized spacial score (nSPS) is 18.5. The maximum absolute atomic E-state index is 9.38. The molecule has 0 bridgehead atoms. The quantitative estimate of drug-likeness (QED) is 0.656. The topological polar surface area (TPSA) is 58.3 Å². The van der Waals surface area contributed by atoms with E-state index in [0.717, 1.165) is 18.5 Å². The van der Waals surface area contributed by atoms with Crippen LogP contribution < -0.4 is 11.1 Å². The van der Waals surface area contributed by atoms with Crippen molar-refractivity contribution in [2.45, 2.75) is 25.5 Å². The van der Waals surface area contributed by atoms with Crippen molar-refractivity contribution in [2.75, 3.05) is 11.9 Å². The number of nitrogens with one attached hydrogen (secondary N) is 1. The fourth-order valence-corrected chi connectivity index (χ4v) is 1.81. The van der Waals surface area contributed by atoms with Crippen LogP contribution in [0.2, 0.25) is 0 Å². The Kier molecular flexibility index (Phi) is 2.44. The van der Waals surface area contributed by atoms with Crippen LogP contribution in [0.3, 0.4) is 0 Å². The molecule has 0 fully saturated rings. The molecule has 0 radical (unpaired) electrons. The van der Waals surface area contributed by atoms with Crippen LogP contribution in [0.25, 0.3) is 0 Å². The number of hydrogen-bond acceptors (Lipinski definition) is 3. The zero-order valence-corrected chi connectivity index (χ0v) is 8.33. The van der Waals surface area contributed by atoms with Crippen molar-refractivity contribution in [1.29, 1.82) is 0 Å². The fraction of sp³-hybridized carbons (Fsp3) is 0.455. The van der Waals surface area contributed by atoms with E-state index in [-0.39, 0.29) is 6.04 Å². The van der Waals surface area contributed by atoms with Gasteiger partial charge in [-0.15, -0.1) is 0 Å². The summed E-state index contributed by atoms with van der Waals surface area (Å²) in [5.41, 5.74) is 9.38. The molecule has 0 unspecified atom stereocenters. The van der Waals surface area contributed by atoms with Gasteiger partial charge in [-0.05, 0) is 30.5 Å². The third kappa shape index (κ3) is 1.61. The van der Waals surface area contributed by atoms with E-state index in [1.807, 2.05) is 12.1 Å². The molecule has 0 amide bonds. The summed E-state index contributed by atoms with van der Waals surface area (Å²) >= 11 is 0. The fourth-order valence-electron chi connectivity index (χ4n) is 1.81. The van der Waals surface area contributed by atoms with Crippen LogP contribution >= 0.6 is 0 Å². The Hall–Kier alpha value is -1.06. The van der Waals surface area contributed by atoms with Gasteiger partial charge in [0.2, 0.25) is 0 Å². The predicted octanol–water partition coefficient (Wildman–Crippen LogP) is 1.04. The van der Waals surface area contributed by atoms with Crippen molar-refractivity contribution in [1.82, 2.24) is 0 Å². The van der Waals surface area contributed by atoms with Crippen LogP contribution in [0.15, 0.2) is 18.2 Å². The molecule has 0 saturated heterocycles. The zero-order valence-electron chi connectivity index (χ0n) is 8.33. The summed E-state index contributed by atoms with van der Waals surface area (Å²) in [6, 6.07) is 5.84. The third-order valence-corrected chi connectivity index (χ3v) is 2.74. The zero-order chi connectivity index (χ0) is 10.1. The van der Waals surface area contributed by atoms with Gasteiger partial charge in [0.1, 0.15) is 0 Å². The highest BCUT2D eigenvalue weighted by Crippen LogP contribution is 2.25. The van der Waals surface area contributed by atoms with Crippen LogP contribution in [0, 0.1) is 0 Å². The molecule has 1 heterocycles. The van der Waals surface area contributed by atoms with Gasteiger partial charge in [0, 0.05) is 12.2 Å². The maximum atomic E-state index is 9.38. The number of hydrogen-bond donors (Lipinski definition) is 3. The molecule has 0 aromatic heterocycles. The first-order valence-electron chi connectivity index (χ1n) is 4.99. The lowest BCUT2D eigenvalue weighted by molar-refractivity contribution is 0.164. The first-order chi connectivity index (χ1) is 6.68. The maximum Gasteiger partial charge on any atom is 0.0704 e. The summed E-state index contributed by atoms with van der Waals surface area (Å²) in [6.45, 7) is 2.72. The molecular formula is C11H16N2O. The molecule has 0 spiro atoms. The smallest absolute Gasteiger partial charge is 0.0704 e. The molecule has 76 valence electrons. The molecule has 3 heteroatoms. The molecule has 1 aromatic rings. The van der Waals surface area contributed by atoms with Crippen molar-refractivity contribution in [3.8, 4) is 0 Å². The molecule has 1 aromatic carbocycles. The summed E-state index contributed by atoms with van der Waals surface area (Å²) in [4.78, 5) is 0. The summed E-state index contributed by atoms with van der Waals surface area (Å²) < 4.78 is 0. The third-order valence-electron chi connectivity index (χ3n) is 2.74. The highest BCUT2D eigenvalue weighted by molar-refractivity contribution is 5.56. The van der Waals surface area contributed by atoms with E-state index in [9.17, 15) is 5.11 Å². The molecule has 0 saturated carbocycles. The molecule has 1 aliphatic heterocycles. The van der Waals surface area contributed by atoms with Gasteiger partial charge in [0.05, 0.1) is 12.1 Å². The van der Waals surface area contributed by atoms with Gasteiger partial charge in [0.15, 0.2) is 0 Å². The van der Waals surface area contributed by atoms with E-state index in [4.69, 9.17) is 5.73 Å². The van der Waals surface area contributed by atoms with Crippen LogP contribution in [0.5, 0.6) is 0 Å². The molecule has 14 heavy (non-hydrogen) atoms. The van der Waals surface area contributed by atoms with Crippen molar-refractivity contribution >= 4 is 5.69 Å². The number of anilines is 1. The summed E-state index contributed by atoms with van der Waals surface area (Å²) in [7, 11) is 0. The van der Waals surface area contributed by atoms with E-state index in [1.165, 1.54) is 11.3 Å². The largest absolute Gasteiger partial charge is 0.391 e. The number of aliphatic hydroxyl groups is 1. The van der Waals surface area contributed by atoms with Gasteiger partial charge >= 0.3 is 0 Å². The summed E-state index contributed by atoms with van der Waals surface area (Å²) in [5.74, 6) is 0. The van der Waals surface area contributed by atoms with E-state index < -0.39 is 6.10 Å². The van der Waals surface area contributed by atoms with Gasteiger partial charge in [-0.25, -0.2) is 0 Å². The lowest BCUT2D eigenvalue weighted by atomic mass is 10.00. The monoisotopic (exact) mass is 192 g/mol. The Morgan fingerprint density at radius 3 is 3.00 bits per heavy atom. The van der Waals surface area contributed by atoms with Crippen LogP contribution in [-0.4, -0.2) is 17.8 Å². The average Bonchev–Trinajstić information content (AvgIpc) is 2.62. The summed E-state index contributed by atoms with van der Waals surface area (Å²) in [6.07, 6.45) is 0.554. The van der Waals surface area contributed by atoms with Crippen LogP contribution in [0.1, 0.15) is 24.1 Å². The van der Waals surface area contributed by atoms with E-state index in [2.05, 4.69) is 11.4 Å². The second-order valence-electron chi connectivity index (χ2n) is 3.86. The Bertz CT molecular complexity index is 336. The van der Waals surface area contributed by atoms with Crippen LogP contribution in [-0.2, 0) is 6.42 Å². The van der Waals surface area contributed by atoms with Crippen molar-refractivity contribution in [3.05, 3.63) is 29.3 Å². The van der Waals surface area contributed by atoms with Crippen molar-refractivity contribution < 1.29 is 5.11 Å². The molecular weight excluding hydrogens is 176 g/mol. The second-order valence-corrected chi connectivity index (χ2v) is 3.86. The molecule has 2 atom stereocenters. The molecule has 1 aliphatic rings. The SMILES string of the molecule is C[C@H](O)[C@H](N)c1ccc2c(c1)CCN2.